The van der Waals surface area contributed by atoms with Crippen molar-refractivity contribution in [2.24, 2.45) is 0 Å². The molecular formula is C21H17N3O3. The fraction of sp³-hybridized carbons (Fsp3) is 0.190. The van der Waals surface area contributed by atoms with Crippen LogP contribution in [0.15, 0.2) is 36.4 Å². The number of carbonyl (C=O) groups excluding carboxylic acids is 1. The zero-order valence-corrected chi connectivity index (χ0v) is 14.5. The van der Waals surface area contributed by atoms with Crippen LogP contribution >= 0.6 is 0 Å². The summed E-state index contributed by atoms with van der Waals surface area (Å²) in [5, 5.41) is 18.5. The number of hydrogen-bond donors (Lipinski definition) is 2. The Balaban J connectivity index is 1.87. The van der Waals surface area contributed by atoms with E-state index in [-0.39, 0.29) is 11.6 Å². The molecule has 2 aromatic heterocycles. The Morgan fingerprint density at radius 3 is 2.56 bits per heavy atom. The summed E-state index contributed by atoms with van der Waals surface area (Å²) in [6, 6.07) is 11.0. The Morgan fingerprint density at radius 1 is 1.00 bits per heavy atom. The molecule has 5 rings (SSSR count). The van der Waals surface area contributed by atoms with Crippen molar-refractivity contribution in [2.45, 2.75) is 25.7 Å². The molecule has 2 N–H and O–H groups in total. The number of ether oxygens (including phenoxy) is 1. The molecule has 1 aliphatic rings. The second-order valence-corrected chi connectivity index (χ2v) is 6.80. The van der Waals surface area contributed by atoms with E-state index in [0.717, 1.165) is 58.7 Å². The highest BCUT2D eigenvalue weighted by Gasteiger charge is 2.23. The lowest BCUT2D eigenvalue weighted by atomic mass is 9.85. The SMILES string of the molecule is O=COc1n[nH]c2ccc3nc(-c4ccc(O)cc4)c4c(c3c12)CCCC4. The molecule has 6 heteroatoms. The fourth-order valence-electron chi connectivity index (χ4n) is 4.09. The molecule has 6 nitrogen and oxygen atoms in total. The van der Waals surface area contributed by atoms with Crippen molar-refractivity contribution in [1.82, 2.24) is 15.2 Å². The van der Waals surface area contributed by atoms with Crippen LogP contribution in [0.2, 0.25) is 0 Å². The van der Waals surface area contributed by atoms with Crippen molar-refractivity contribution in [3.63, 3.8) is 0 Å². The number of fused-ring (bicyclic) bond motifs is 5. The Morgan fingerprint density at radius 2 is 1.78 bits per heavy atom. The van der Waals surface area contributed by atoms with Gasteiger partial charge in [-0.3, -0.25) is 9.89 Å². The van der Waals surface area contributed by atoms with E-state index >= 15 is 0 Å². The van der Waals surface area contributed by atoms with E-state index in [1.807, 2.05) is 24.3 Å². The lowest BCUT2D eigenvalue weighted by molar-refractivity contribution is -0.120. The summed E-state index contributed by atoms with van der Waals surface area (Å²) in [6.45, 7) is 0.402. The molecule has 0 unspecified atom stereocenters. The first kappa shape index (κ1) is 15.8. The van der Waals surface area contributed by atoms with Gasteiger partial charge in [0.15, 0.2) is 0 Å². The lowest BCUT2D eigenvalue weighted by Gasteiger charge is -2.22. The maximum atomic E-state index is 10.9. The number of benzene rings is 2. The largest absolute Gasteiger partial charge is 0.508 e. The highest BCUT2D eigenvalue weighted by molar-refractivity contribution is 6.10. The molecule has 2 heterocycles. The highest BCUT2D eigenvalue weighted by atomic mass is 16.5. The van der Waals surface area contributed by atoms with Crippen molar-refractivity contribution in [3.8, 4) is 22.9 Å². The molecule has 0 bridgehead atoms. The molecule has 4 aromatic rings. The number of aromatic amines is 1. The summed E-state index contributed by atoms with van der Waals surface area (Å²) in [7, 11) is 0. The molecule has 2 aromatic carbocycles. The number of H-pyrrole nitrogens is 1. The van der Waals surface area contributed by atoms with Gasteiger partial charge >= 0.3 is 0 Å². The Hall–Kier alpha value is -3.41. The van der Waals surface area contributed by atoms with Gasteiger partial charge in [0.05, 0.1) is 22.1 Å². The van der Waals surface area contributed by atoms with Gasteiger partial charge in [0, 0.05) is 10.9 Å². The number of carbonyl (C=O) groups is 1. The predicted molar refractivity (Wildman–Crippen MR) is 102 cm³/mol. The number of nitrogens with zero attached hydrogens (tertiary/aromatic N) is 2. The van der Waals surface area contributed by atoms with E-state index in [9.17, 15) is 9.90 Å². The minimum Gasteiger partial charge on any atom is -0.508 e. The zero-order chi connectivity index (χ0) is 18.4. The molecule has 0 saturated heterocycles. The van der Waals surface area contributed by atoms with E-state index < -0.39 is 0 Å². The average molecular weight is 359 g/mol. The average Bonchev–Trinajstić information content (AvgIpc) is 3.11. The normalized spacial score (nSPS) is 13.6. The quantitative estimate of drug-likeness (QED) is 0.542. The molecule has 27 heavy (non-hydrogen) atoms. The molecule has 0 radical (unpaired) electrons. The number of aromatic nitrogens is 3. The van der Waals surface area contributed by atoms with Gasteiger partial charge in [-0.25, -0.2) is 4.98 Å². The van der Waals surface area contributed by atoms with Gasteiger partial charge in [0.25, 0.3) is 6.47 Å². The topological polar surface area (TPSA) is 88.1 Å². The summed E-state index contributed by atoms with van der Waals surface area (Å²) < 4.78 is 5.11. The minimum absolute atomic E-state index is 0.240. The number of pyridine rings is 1. The van der Waals surface area contributed by atoms with Crippen molar-refractivity contribution >= 4 is 28.3 Å². The van der Waals surface area contributed by atoms with Crippen LogP contribution in [-0.4, -0.2) is 26.8 Å². The van der Waals surface area contributed by atoms with E-state index in [1.54, 1.807) is 12.1 Å². The monoisotopic (exact) mass is 359 g/mol. The Labute approximate surface area is 154 Å². The van der Waals surface area contributed by atoms with Crippen molar-refractivity contribution in [2.75, 3.05) is 0 Å². The third-order valence-corrected chi connectivity index (χ3v) is 5.26. The maximum Gasteiger partial charge on any atom is 0.299 e. The van der Waals surface area contributed by atoms with Gasteiger partial charge < -0.3 is 9.84 Å². The summed E-state index contributed by atoms with van der Waals surface area (Å²) >= 11 is 0. The fourth-order valence-corrected chi connectivity index (χ4v) is 4.09. The van der Waals surface area contributed by atoms with Crippen LogP contribution in [0.25, 0.3) is 33.1 Å². The maximum absolute atomic E-state index is 10.9. The third-order valence-electron chi connectivity index (χ3n) is 5.26. The zero-order valence-electron chi connectivity index (χ0n) is 14.5. The van der Waals surface area contributed by atoms with Crippen molar-refractivity contribution in [3.05, 3.63) is 47.5 Å². The van der Waals surface area contributed by atoms with Crippen LogP contribution in [0.5, 0.6) is 11.6 Å². The number of rotatable bonds is 3. The second-order valence-electron chi connectivity index (χ2n) is 6.80. The number of aromatic hydroxyl groups is 1. The summed E-state index contributed by atoms with van der Waals surface area (Å²) in [5.74, 6) is 0.529. The van der Waals surface area contributed by atoms with Crippen molar-refractivity contribution < 1.29 is 14.6 Å². The number of phenolic OH excluding ortho intramolecular Hbond substituents is 1. The molecule has 0 spiro atoms. The predicted octanol–water partition coefficient (Wildman–Crippen LogP) is 3.90. The van der Waals surface area contributed by atoms with Gasteiger partial charge in [-0.2, -0.15) is 0 Å². The Kier molecular flexibility index (Phi) is 3.57. The summed E-state index contributed by atoms with van der Waals surface area (Å²) in [4.78, 5) is 15.8. The minimum atomic E-state index is 0.240. The molecule has 0 aliphatic heterocycles. The molecule has 0 saturated carbocycles. The molecule has 134 valence electrons. The first-order valence-electron chi connectivity index (χ1n) is 8.98. The molecule has 0 fully saturated rings. The van der Waals surface area contributed by atoms with E-state index in [2.05, 4.69) is 10.2 Å². The number of nitrogens with one attached hydrogen (secondary N) is 1. The van der Waals surface area contributed by atoms with E-state index in [1.165, 1.54) is 11.1 Å². The molecular weight excluding hydrogens is 342 g/mol. The number of hydrogen-bond acceptors (Lipinski definition) is 5. The van der Waals surface area contributed by atoms with Crippen LogP contribution in [-0.2, 0) is 17.6 Å². The van der Waals surface area contributed by atoms with Crippen molar-refractivity contribution in [1.29, 1.82) is 0 Å². The number of phenols is 1. The second kappa shape index (κ2) is 6.09. The first-order valence-corrected chi connectivity index (χ1v) is 8.98. The summed E-state index contributed by atoms with van der Waals surface area (Å²) in [5.41, 5.74) is 6.10. The van der Waals surface area contributed by atoms with Gasteiger partial charge in [-0.05, 0) is 73.2 Å². The third kappa shape index (κ3) is 2.44. The smallest absolute Gasteiger partial charge is 0.299 e. The first-order chi connectivity index (χ1) is 13.3. The van der Waals surface area contributed by atoms with E-state index in [0.29, 0.717) is 6.47 Å². The van der Waals surface area contributed by atoms with Gasteiger partial charge in [0.1, 0.15) is 5.75 Å². The van der Waals surface area contributed by atoms with Gasteiger partial charge in [-0.1, -0.05) is 0 Å². The molecule has 0 atom stereocenters. The van der Waals surface area contributed by atoms with Gasteiger partial charge in [0.2, 0.25) is 5.88 Å². The van der Waals surface area contributed by atoms with Crippen LogP contribution in [0.3, 0.4) is 0 Å². The molecule has 1 aliphatic carbocycles. The highest BCUT2D eigenvalue weighted by Crippen LogP contribution is 2.40. The Bertz CT molecular complexity index is 1180. The van der Waals surface area contributed by atoms with E-state index in [4.69, 9.17) is 9.72 Å². The van der Waals surface area contributed by atoms with Gasteiger partial charge in [-0.15, -0.1) is 5.10 Å². The van der Waals surface area contributed by atoms with Crippen LogP contribution in [0.4, 0.5) is 0 Å². The molecule has 0 amide bonds. The lowest BCUT2D eigenvalue weighted by Crippen LogP contribution is -2.08. The van der Waals surface area contributed by atoms with Crippen LogP contribution in [0.1, 0.15) is 24.0 Å². The number of aryl methyl sites for hydroxylation is 1. The summed E-state index contributed by atoms with van der Waals surface area (Å²) in [6.07, 6.45) is 4.13. The van der Waals surface area contributed by atoms with Crippen LogP contribution in [0, 0.1) is 0 Å². The standard InChI is InChI=1S/C21H17N3O3/c25-11-27-21-19-17(23-24-21)10-9-16-18(19)14-3-1-2-4-15(14)20(22-16)12-5-7-13(26)8-6-12/h5-11,26H,1-4H2,(H,23,24). The van der Waals surface area contributed by atoms with Crippen LogP contribution < -0.4 is 4.74 Å².